The van der Waals surface area contributed by atoms with Crippen LogP contribution < -0.4 is 11.1 Å². The van der Waals surface area contributed by atoms with Gasteiger partial charge >= 0.3 is 11.9 Å². The number of carbonyl (C=O) groups excluding carboxylic acids is 5. The summed E-state index contributed by atoms with van der Waals surface area (Å²) in [4.78, 5) is 71.8. The van der Waals surface area contributed by atoms with E-state index in [0.717, 1.165) is 18.4 Å². The molecule has 41 heavy (non-hydrogen) atoms. The summed E-state index contributed by atoms with van der Waals surface area (Å²) >= 11 is 0. The molecule has 3 saturated carbocycles. The molecule has 0 aromatic heterocycles. The predicted molar refractivity (Wildman–Crippen MR) is 142 cm³/mol. The average Bonchev–Trinajstić information content (AvgIpc) is 3.16. The minimum atomic E-state index is -1.80. The van der Waals surface area contributed by atoms with Crippen LogP contribution in [0.2, 0.25) is 0 Å². The minimum absolute atomic E-state index is 0.0252. The molecule has 4 aliphatic rings. The summed E-state index contributed by atoms with van der Waals surface area (Å²) in [7, 11) is 0. The summed E-state index contributed by atoms with van der Waals surface area (Å²) in [6.07, 6.45) is 3.10. The van der Waals surface area contributed by atoms with Gasteiger partial charge in [0.2, 0.25) is 17.6 Å². The number of aliphatic hydroxyl groups is 2. The summed E-state index contributed by atoms with van der Waals surface area (Å²) in [5.74, 6) is -4.62. The highest BCUT2D eigenvalue weighted by Gasteiger charge is 2.68. The van der Waals surface area contributed by atoms with Crippen molar-refractivity contribution in [2.24, 2.45) is 34.3 Å². The van der Waals surface area contributed by atoms with Gasteiger partial charge in [-0.15, -0.1) is 0 Å². The second kappa shape index (κ2) is 11.3. The number of ether oxygens (including phenoxy) is 1. The third-order valence-corrected chi connectivity index (χ3v) is 10.5. The Balaban J connectivity index is 1.36. The molecule has 2 amide bonds. The van der Waals surface area contributed by atoms with Crippen LogP contribution in [0.3, 0.4) is 0 Å². The number of aliphatic hydroxyl groups excluding tert-OH is 1. The molecule has 0 saturated heterocycles. The first-order valence-corrected chi connectivity index (χ1v) is 14.3. The number of amides is 2. The van der Waals surface area contributed by atoms with Gasteiger partial charge in [-0.1, -0.05) is 19.4 Å². The summed E-state index contributed by atoms with van der Waals surface area (Å²) in [6, 6.07) is -1.52. The van der Waals surface area contributed by atoms with Crippen molar-refractivity contribution in [2.45, 2.75) is 95.8 Å². The number of allylic oxidation sites excluding steroid dienone is 1. The van der Waals surface area contributed by atoms with Crippen molar-refractivity contribution in [2.75, 3.05) is 6.61 Å². The highest BCUT2D eigenvalue weighted by Crippen LogP contribution is 2.67. The molecule has 226 valence electrons. The van der Waals surface area contributed by atoms with Gasteiger partial charge in [0.1, 0.15) is 11.6 Å². The average molecular weight is 577 g/mol. The number of nitrogens with one attached hydrogen (secondary N) is 1. The molecule has 0 aromatic rings. The minimum Gasteiger partial charge on any atom is -0.480 e. The van der Waals surface area contributed by atoms with E-state index in [2.05, 4.69) is 12.2 Å². The Hall–Kier alpha value is -3.12. The van der Waals surface area contributed by atoms with E-state index < -0.39 is 78.6 Å². The number of carboxylic acids is 1. The zero-order valence-electron chi connectivity index (χ0n) is 23.5. The van der Waals surface area contributed by atoms with E-state index in [1.165, 1.54) is 0 Å². The van der Waals surface area contributed by atoms with E-state index in [9.17, 15) is 39.0 Å². The highest BCUT2D eigenvalue weighted by molar-refractivity contribution is 5.93. The van der Waals surface area contributed by atoms with Crippen LogP contribution >= 0.6 is 0 Å². The monoisotopic (exact) mass is 576 g/mol. The van der Waals surface area contributed by atoms with E-state index in [0.29, 0.717) is 19.3 Å². The lowest BCUT2D eigenvalue weighted by Gasteiger charge is -2.60. The Morgan fingerprint density at radius 3 is 2.49 bits per heavy atom. The predicted octanol–water partition coefficient (Wildman–Crippen LogP) is 0.558. The van der Waals surface area contributed by atoms with Crippen molar-refractivity contribution >= 4 is 35.3 Å². The van der Waals surface area contributed by atoms with Crippen LogP contribution in [0.25, 0.3) is 0 Å². The van der Waals surface area contributed by atoms with Crippen LogP contribution in [0.1, 0.15) is 78.1 Å². The fourth-order valence-corrected chi connectivity index (χ4v) is 8.37. The van der Waals surface area contributed by atoms with Crippen molar-refractivity contribution in [3.63, 3.8) is 0 Å². The SMILES string of the molecule is C[C@]12CCC(=O)C=C1CC[C@H]1[C@H]2[C@@H](O)C[C@@]2(C)[C@H]1CC[C@]2(O)C(=O)COC(=O)CCC(=O)N[C@H](CC(N)=O)C(=O)O. The molecule has 6 N–H and O–H groups in total. The van der Waals surface area contributed by atoms with Crippen molar-refractivity contribution in [1.29, 1.82) is 0 Å². The Bertz CT molecular complexity index is 1180. The van der Waals surface area contributed by atoms with Gasteiger partial charge in [-0.25, -0.2) is 4.79 Å². The van der Waals surface area contributed by atoms with E-state index in [1.54, 1.807) is 6.08 Å². The third-order valence-electron chi connectivity index (χ3n) is 10.5. The number of carbonyl (C=O) groups is 6. The number of esters is 1. The lowest BCUT2D eigenvalue weighted by molar-refractivity contribution is -0.184. The lowest BCUT2D eigenvalue weighted by atomic mass is 9.45. The van der Waals surface area contributed by atoms with Gasteiger partial charge in [-0.3, -0.25) is 24.0 Å². The molecule has 4 rings (SSSR count). The first-order chi connectivity index (χ1) is 19.1. The van der Waals surface area contributed by atoms with Crippen molar-refractivity contribution in [1.82, 2.24) is 5.32 Å². The van der Waals surface area contributed by atoms with Gasteiger partial charge in [0, 0.05) is 18.3 Å². The maximum absolute atomic E-state index is 13.3. The molecule has 12 nitrogen and oxygen atoms in total. The molecule has 0 aromatic carbocycles. The quantitative estimate of drug-likeness (QED) is 0.228. The molecular weight excluding hydrogens is 536 g/mol. The number of Topliss-reactive ketones (excluding diaryl/α,β-unsaturated/α-hetero) is 1. The number of hydrogen-bond donors (Lipinski definition) is 5. The zero-order chi connectivity index (χ0) is 30.3. The Kier molecular flexibility index (Phi) is 8.48. The first kappa shape index (κ1) is 30.8. The van der Waals surface area contributed by atoms with Crippen LogP contribution in [-0.2, 0) is 33.5 Å². The molecule has 0 radical (unpaired) electrons. The number of aliphatic carboxylic acids is 1. The molecule has 0 heterocycles. The fourth-order valence-electron chi connectivity index (χ4n) is 8.37. The molecule has 3 fully saturated rings. The standard InChI is InChI=1S/C29H40N2O10/c1-27-9-7-16(32)11-15(27)3-4-17-18-8-10-29(40,28(18,2)13-20(33)25(17)27)21(34)14-41-24(37)6-5-23(36)31-19(26(38)39)12-22(30)35/h11,17-20,25,33,40H,3-10,12-14H2,1-2H3,(H2,30,35)(H,31,36)(H,38,39)/t17-,18+,19-,20+,25+,27+,28+,29+/m1/s1. The van der Waals surface area contributed by atoms with Crippen LogP contribution in [0.15, 0.2) is 11.6 Å². The summed E-state index contributed by atoms with van der Waals surface area (Å²) in [5.41, 5.74) is 3.05. The molecular formula is C29H40N2O10. The number of primary amides is 1. The summed E-state index contributed by atoms with van der Waals surface area (Å²) in [6.45, 7) is 3.26. The second-order valence-electron chi connectivity index (χ2n) is 12.7. The largest absolute Gasteiger partial charge is 0.480 e. The van der Waals surface area contributed by atoms with E-state index >= 15 is 0 Å². The second-order valence-corrected chi connectivity index (χ2v) is 12.7. The van der Waals surface area contributed by atoms with Gasteiger partial charge in [-0.05, 0) is 67.8 Å². The van der Waals surface area contributed by atoms with E-state index in [-0.39, 0.29) is 41.8 Å². The normalized spacial score (nSPS) is 36.6. The van der Waals surface area contributed by atoms with Gasteiger partial charge < -0.3 is 31.1 Å². The molecule has 8 atom stereocenters. The van der Waals surface area contributed by atoms with Gasteiger partial charge in [-0.2, -0.15) is 0 Å². The summed E-state index contributed by atoms with van der Waals surface area (Å²) < 4.78 is 5.08. The maximum Gasteiger partial charge on any atom is 0.326 e. The zero-order valence-corrected chi connectivity index (χ0v) is 23.5. The molecule has 0 unspecified atom stereocenters. The summed E-state index contributed by atoms with van der Waals surface area (Å²) in [5, 5.41) is 34.4. The van der Waals surface area contributed by atoms with Crippen molar-refractivity contribution in [3.8, 4) is 0 Å². The van der Waals surface area contributed by atoms with Crippen molar-refractivity contribution in [3.05, 3.63) is 11.6 Å². The number of carboxylic acid groups (broad SMARTS) is 1. The van der Waals surface area contributed by atoms with Crippen LogP contribution in [0, 0.1) is 28.6 Å². The Morgan fingerprint density at radius 1 is 1.12 bits per heavy atom. The van der Waals surface area contributed by atoms with Gasteiger partial charge in [0.15, 0.2) is 12.4 Å². The Labute approximate surface area is 238 Å². The van der Waals surface area contributed by atoms with Crippen LogP contribution in [0.5, 0.6) is 0 Å². The molecule has 12 heteroatoms. The number of ketones is 2. The fraction of sp³-hybridized carbons (Fsp3) is 0.724. The first-order valence-electron chi connectivity index (χ1n) is 14.3. The number of hydrogen-bond acceptors (Lipinski definition) is 9. The number of rotatable bonds is 10. The lowest BCUT2D eigenvalue weighted by Crippen LogP contribution is -2.62. The maximum atomic E-state index is 13.3. The molecule has 0 bridgehead atoms. The molecule has 0 aliphatic heterocycles. The number of fused-ring (bicyclic) bond motifs is 5. The van der Waals surface area contributed by atoms with Gasteiger partial charge in [0.25, 0.3) is 0 Å². The van der Waals surface area contributed by atoms with Crippen LogP contribution in [0.4, 0.5) is 0 Å². The number of nitrogens with two attached hydrogens (primary N) is 1. The van der Waals surface area contributed by atoms with Crippen molar-refractivity contribution < 1.29 is 48.8 Å². The Morgan fingerprint density at radius 2 is 1.83 bits per heavy atom. The van der Waals surface area contributed by atoms with Gasteiger partial charge in [0.05, 0.1) is 18.9 Å². The molecule has 0 spiro atoms. The molecule has 4 aliphatic carbocycles. The smallest absolute Gasteiger partial charge is 0.326 e. The van der Waals surface area contributed by atoms with Crippen LogP contribution in [-0.4, -0.2) is 75.0 Å². The highest BCUT2D eigenvalue weighted by atomic mass is 16.5. The van der Waals surface area contributed by atoms with E-state index in [4.69, 9.17) is 15.6 Å². The third kappa shape index (κ3) is 5.55. The van der Waals surface area contributed by atoms with E-state index in [1.807, 2.05) is 6.92 Å². The topological polar surface area (TPSA) is 210 Å².